The van der Waals surface area contributed by atoms with Gasteiger partial charge in [-0.25, -0.2) is 4.39 Å². The molecule has 0 spiro atoms. The van der Waals surface area contributed by atoms with Crippen molar-refractivity contribution in [2.24, 2.45) is 0 Å². The summed E-state index contributed by atoms with van der Waals surface area (Å²) in [5.41, 5.74) is 0.571. The number of rotatable bonds is 3. The molecule has 2 aromatic rings. The zero-order chi connectivity index (χ0) is 11.5. The van der Waals surface area contributed by atoms with Gasteiger partial charge in [-0.2, -0.15) is 8.75 Å². The standard InChI is InChI=1S/C10H6ClFN2OS/c11-7-2-1-6(8(12)4-7)3-10(15)9-5-13-16-14-9/h1-2,4-5H,3H2. The maximum Gasteiger partial charge on any atom is 0.188 e. The summed E-state index contributed by atoms with van der Waals surface area (Å²) in [7, 11) is 0. The molecule has 1 heterocycles. The normalized spacial score (nSPS) is 10.4. The predicted octanol–water partition coefficient (Wildman–Crippen LogP) is 2.76. The number of hydrogen-bond donors (Lipinski definition) is 0. The fourth-order valence-corrected chi connectivity index (χ4v) is 1.81. The number of carbonyl (C=O) groups excluding carboxylic acids is 1. The lowest BCUT2D eigenvalue weighted by molar-refractivity contribution is 0.0988. The summed E-state index contributed by atoms with van der Waals surface area (Å²) in [4.78, 5) is 11.6. The summed E-state index contributed by atoms with van der Waals surface area (Å²) < 4.78 is 20.9. The monoisotopic (exact) mass is 256 g/mol. The third-order valence-corrected chi connectivity index (χ3v) is 2.73. The molecule has 0 aliphatic carbocycles. The highest BCUT2D eigenvalue weighted by molar-refractivity contribution is 6.99. The molecule has 0 saturated carbocycles. The number of ketones is 1. The third kappa shape index (κ3) is 2.43. The number of Topliss-reactive ketones (excluding diaryl/α,β-unsaturated/α-hetero) is 1. The van der Waals surface area contributed by atoms with Gasteiger partial charge in [0.05, 0.1) is 17.9 Å². The topological polar surface area (TPSA) is 42.9 Å². The minimum absolute atomic E-state index is 0.0333. The Morgan fingerprint density at radius 2 is 2.31 bits per heavy atom. The van der Waals surface area contributed by atoms with Gasteiger partial charge in [0.1, 0.15) is 11.5 Å². The van der Waals surface area contributed by atoms with Gasteiger partial charge in [-0.15, -0.1) is 0 Å². The van der Waals surface area contributed by atoms with Crippen molar-refractivity contribution < 1.29 is 9.18 Å². The van der Waals surface area contributed by atoms with E-state index in [2.05, 4.69) is 8.75 Å². The van der Waals surface area contributed by atoms with Crippen LogP contribution in [0.4, 0.5) is 4.39 Å². The van der Waals surface area contributed by atoms with Crippen LogP contribution in [0, 0.1) is 5.82 Å². The zero-order valence-corrected chi connectivity index (χ0v) is 9.56. The van der Waals surface area contributed by atoms with E-state index in [1.165, 1.54) is 18.3 Å². The molecule has 16 heavy (non-hydrogen) atoms. The van der Waals surface area contributed by atoms with Crippen LogP contribution >= 0.6 is 23.3 Å². The number of aromatic nitrogens is 2. The van der Waals surface area contributed by atoms with Gasteiger partial charge in [-0.3, -0.25) is 4.79 Å². The van der Waals surface area contributed by atoms with E-state index in [1.54, 1.807) is 6.07 Å². The summed E-state index contributed by atoms with van der Waals surface area (Å²) in [6.07, 6.45) is 1.34. The summed E-state index contributed by atoms with van der Waals surface area (Å²) in [5.74, 6) is -0.737. The van der Waals surface area contributed by atoms with Crippen LogP contribution in [0.15, 0.2) is 24.4 Å². The fraction of sp³-hybridized carbons (Fsp3) is 0.100. The highest BCUT2D eigenvalue weighted by Gasteiger charge is 2.12. The van der Waals surface area contributed by atoms with E-state index in [-0.39, 0.29) is 17.9 Å². The van der Waals surface area contributed by atoms with E-state index in [9.17, 15) is 9.18 Å². The van der Waals surface area contributed by atoms with Crippen molar-refractivity contribution in [3.8, 4) is 0 Å². The summed E-state index contributed by atoms with van der Waals surface area (Å²) >= 11 is 6.56. The predicted molar refractivity (Wildman–Crippen MR) is 59.4 cm³/mol. The molecule has 2 rings (SSSR count). The van der Waals surface area contributed by atoms with Crippen LogP contribution in [0.3, 0.4) is 0 Å². The van der Waals surface area contributed by atoms with E-state index in [0.717, 1.165) is 11.7 Å². The van der Waals surface area contributed by atoms with Crippen molar-refractivity contribution in [2.45, 2.75) is 6.42 Å². The Kier molecular flexibility index (Phi) is 3.26. The third-order valence-electron chi connectivity index (χ3n) is 2.01. The average Bonchev–Trinajstić information content (AvgIpc) is 2.75. The molecular weight excluding hydrogens is 251 g/mol. The first-order valence-electron chi connectivity index (χ1n) is 4.41. The number of nitrogens with zero attached hydrogens (tertiary/aromatic N) is 2. The molecule has 0 bridgehead atoms. The largest absolute Gasteiger partial charge is 0.292 e. The SMILES string of the molecule is O=C(Cc1ccc(Cl)cc1F)c1cnsn1. The van der Waals surface area contributed by atoms with Gasteiger partial charge in [-0.1, -0.05) is 17.7 Å². The van der Waals surface area contributed by atoms with Gasteiger partial charge in [0, 0.05) is 11.4 Å². The van der Waals surface area contributed by atoms with Gasteiger partial charge in [0.2, 0.25) is 0 Å². The Morgan fingerprint density at radius 1 is 1.50 bits per heavy atom. The lowest BCUT2D eigenvalue weighted by Gasteiger charge is -2.01. The van der Waals surface area contributed by atoms with Crippen LogP contribution in [-0.4, -0.2) is 14.5 Å². The van der Waals surface area contributed by atoms with Crippen molar-refractivity contribution in [1.82, 2.24) is 8.75 Å². The van der Waals surface area contributed by atoms with Gasteiger partial charge in [-0.05, 0) is 17.7 Å². The molecule has 0 radical (unpaired) electrons. The number of halogens is 2. The van der Waals surface area contributed by atoms with Crippen molar-refractivity contribution >= 4 is 29.1 Å². The van der Waals surface area contributed by atoms with Gasteiger partial charge in [0.25, 0.3) is 0 Å². The molecule has 0 unspecified atom stereocenters. The van der Waals surface area contributed by atoms with E-state index in [4.69, 9.17) is 11.6 Å². The van der Waals surface area contributed by atoms with Crippen molar-refractivity contribution in [3.63, 3.8) is 0 Å². The minimum atomic E-state index is -0.482. The molecule has 0 saturated heterocycles. The number of carbonyl (C=O) groups is 1. The second-order valence-electron chi connectivity index (χ2n) is 3.13. The van der Waals surface area contributed by atoms with Gasteiger partial charge >= 0.3 is 0 Å². The highest BCUT2D eigenvalue weighted by atomic mass is 35.5. The lowest BCUT2D eigenvalue weighted by atomic mass is 10.1. The van der Waals surface area contributed by atoms with Crippen molar-refractivity contribution in [1.29, 1.82) is 0 Å². The molecule has 82 valence electrons. The maximum atomic E-state index is 13.4. The van der Waals surface area contributed by atoms with Crippen LogP contribution in [0.5, 0.6) is 0 Å². The lowest BCUT2D eigenvalue weighted by Crippen LogP contribution is -2.05. The zero-order valence-electron chi connectivity index (χ0n) is 7.98. The van der Waals surface area contributed by atoms with Gasteiger partial charge < -0.3 is 0 Å². The van der Waals surface area contributed by atoms with E-state index in [0.29, 0.717) is 10.6 Å². The Bertz CT molecular complexity index is 516. The summed E-state index contributed by atoms with van der Waals surface area (Å²) in [6, 6.07) is 4.23. The van der Waals surface area contributed by atoms with Gasteiger partial charge in [0.15, 0.2) is 5.78 Å². The fourth-order valence-electron chi connectivity index (χ4n) is 1.22. The van der Waals surface area contributed by atoms with Crippen LogP contribution in [-0.2, 0) is 6.42 Å². The molecule has 0 fully saturated rings. The van der Waals surface area contributed by atoms with E-state index >= 15 is 0 Å². The first-order valence-corrected chi connectivity index (χ1v) is 5.52. The molecule has 1 aromatic heterocycles. The van der Waals surface area contributed by atoms with E-state index < -0.39 is 5.82 Å². The first-order chi connectivity index (χ1) is 7.66. The first kappa shape index (κ1) is 11.2. The second-order valence-corrected chi connectivity index (χ2v) is 4.12. The van der Waals surface area contributed by atoms with Crippen LogP contribution in [0.25, 0.3) is 0 Å². The highest BCUT2D eigenvalue weighted by Crippen LogP contribution is 2.16. The van der Waals surface area contributed by atoms with E-state index in [1.807, 2.05) is 0 Å². The minimum Gasteiger partial charge on any atom is -0.292 e. The molecular formula is C10H6ClFN2OS. The molecule has 0 amide bonds. The maximum absolute atomic E-state index is 13.4. The number of benzene rings is 1. The number of hydrogen-bond acceptors (Lipinski definition) is 4. The smallest absolute Gasteiger partial charge is 0.188 e. The molecule has 0 atom stereocenters. The summed E-state index contributed by atoms with van der Waals surface area (Å²) in [6.45, 7) is 0. The molecule has 0 aliphatic heterocycles. The average molecular weight is 257 g/mol. The quantitative estimate of drug-likeness (QED) is 0.793. The molecule has 1 aromatic carbocycles. The molecule has 6 heteroatoms. The molecule has 3 nitrogen and oxygen atoms in total. The Labute approximate surface area is 100 Å². The second kappa shape index (κ2) is 4.67. The Morgan fingerprint density at radius 3 is 2.94 bits per heavy atom. The Hall–Kier alpha value is -1.33. The van der Waals surface area contributed by atoms with Crippen molar-refractivity contribution in [3.05, 3.63) is 46.5 Å². The molecule has 0 aliphatic rings. The van der Waals surface area contributed by atoms with Crippen LogP contribution < -0.4 is 0 Å². The summed E-state index contributed by atoms with van der Waals surface area (Å²) in [5, 5.41) is 0.309. The van der Waals surface area contributed by atoms with Crippen LogP contribution in [0.2, 0.25) is 5.02 Å². The Balaban J connectivity index is 2.18. The van der Waals surface area contributed by atoms with Crippen molar-refractivity contribution in [2.75, 3.05) is 0 Å². The van der Waals surface area contributed by atoms with Crippen LogP contribution in [0.1, 0.15) is 16.1 Å². The molecule has 0 N–H and O–H groups in total.